The summed E-state index contributed by atoms with van der Waals surface area (Å²) in [6.07, 6.45) is 1.11. The Morgan fingerprint density at radius 2 is 2.28 bits per heavy atom. The van der Waals surface area contributed by atoms with Crippen molar-refractivity contribution in [2.45, 2.75) is 0 Å². The Morgan fingerprint density at radius 3 is 2.83 bits per heavy atom. The van der Waals surface area contributed by atoms with Crippen LogP contribution >= 0.6 is 0 Å². The number of aromatic carboxylic acids is 1. The summed E-state index contributed by atoms with van der Waals surface area (Å²) < 4.78 is 14.6. The average Bonchev–Trinajstić information content (AvgIpc) is 2.77. The molecule has 2 aromatic rings. The number of rotatable bonds is 2. The molecule has 8 heteroatoms. The summed E-state index contributed by atoms with van der Waals surface area (Å²) in [5.41, 5.74) is 4.80. The highest BCUT2D eigenvalue weighted by molar-refractivity contribution is 5.94. The summed E-state index contributed by atoms with van der Waals surface area (Å²) in [4.78, 5) is 14.5. The first-order chi connectivity index (χ1) is 8.52. The van der Waals surface area contributed by atoms with Crippen molar-refractivity contribution in [1.82, 2.24) is 14.8 Å². The minimum absolute atomic E-state index is 0.143. The minimum atomic E-state index is -1.28. The van der Waals surface area contributed by atoms with Gasteiger partial charge in [0, 0.05) is 5.69 Å². The highest BCUT2D eigenvalue weighted by Gasteiger charge is 2.15. The van der Waals surface area contributed by atoms with Gasteiger partial charge in [0.25, 0.3) is 5.82 Å². The standard InChI is InChI=1S/C10H6FN5O2/c11-6-2-7(13)5(10(17)18)1-8(6)16-4-14-9(3-12)15-16/h1-2,4H,13H2,(H,17,18). The molecule has 1 aromatic heterocycles. The van der Waals surface area contributed by atoms with Gasteiger partial charge in [0.2, 0.25) is 0 Å². The minimum Gasteiger partial charge on any atom is -0.478 e. The maximum absolute atomic E-state index is 13.6. The topological polar surface area (TPSA) is 118 Å². The summed E-state index contributed by atoms with van der Waals surface area (Å²) in [5, 5.41) is 21.1. The van der Waals surface area contributed by atoms with Gasteiger partial charge in [-0.05, 0) is 12.1 Å². The van der Waals surface area contributed by atoms with E-state index in [4.69, 9.17) is 16.1 Å². The number of nitrogen functional groups attached to an aromatic ring is 1. The number of halogens is 1. The van der Waals surface area contributed by atoms with E-state index in [1.807, 2.05) is 0 Å². The lowest BCUT2D eigenvalue weighted by atomic mass is 10.1. The van der Waals surface area contributed by atoms with Crippen LogP contribution in [-0.2, 0) is 0 Å². The van der Waals surface area contributed by atoms with Crippen LogP contribution in [0.1, 0.15) is 16.2 Å². The molecule has 18 heavy (non-hydrogen) atoms. The largest absolute Gasteiger partial charge is 0.478 e. The second kappa shape index (κ2) is 4.14. The lowest BCUT2D eigenvalue weighted by molar-refractivity contribution is 0.0698. The van der Waals surface area contributed by atoms with Gasteiger partial charge in [0.15, 0.2) is 5.82 Å². The first-order valence-electron chi connectivity index (χ1n) is 4.67. The third kappa shape index (κ3) is 1.84. The van der Waals surface area contributed by atoms with Crippen molar-refractivity contribution in [3.8, 4) is 11.8 Å². The number of nitriles is 1. The molecule has 0 saturated carbocycles. The Morgan fingerprint density at radius 1 is 1.56 bits per heavy atom. The molecule has 1 aromatic carbocycles. The molecule has 0 unspecified atom stereocenters. The number of carboxylic acids is 1. The Hall–Kier alpha value is -2.95. The van der Waals surface area contributed by atoms with Gasteiger partial charge in [-0.3, -0.25) is 0 Å². The molecule has 2 rings (SSSR count). The SMILES string of the molecule is N#Cc1ncn(-c2cc(C(=O)O)c(N)cc2F)n1. The molecule has 0 fully saturated rings. The summed E-state index contributed by atoms with van der Waals surface area (Å²) in [6, 6.07) is 3.59. The van der Waals surface area contributed by atoms with Gasteiger partial charge < -0.3 is 10.8 Å². The predicted octanol–water partition coefficient (Wildman–Crippen LogP) is 0.558. The molecule has 0 spiro atoms. The van der Waals surface area contributed by atoms with Crippen molar-refractivity contribution in [2.24, 2.45) is 0 Å². The van der Waals surface area contributed by atoms with Crippen LogP contribution in [-0.4, -0.2) is 25.8 Å². The quantitative estimate of drug-likeness (QED) is 0.748. The molecule has 3 N–H and O–H groups in total. The molecule has 7 nitrogen and oxygen atoms in total. The van der Waals surface area contributed by atoms with E-state index >= 15 is 0 Å². The van der Waals surface area contributed by atoms with E-state index in [1.54, 1.807) is 6.07 Å². The van der Waals surface area contributed by atoms with E-state index in [-0.39, 0.29) is 22.8 Å². The van der Waals surface area contributed by atoms with E-state index < -0.39 is 11.8 Å². The molecular formula is C10H6FN5O2. The molecule has 0 aliphatic carbocycles. The van der Waals surface area contributed by atoms with Gasteiger partial charge in [-0.1, -0.05) is 0 Å². The van der Waals surface area contributed by atoms with Gasteiger partial charge in [0.05, 0.1) is 5.56 Å². The maximum Gasteiger partial charge on any atom is 0.337 e. The average molecular weight is 247 g/mol. The van der Waals surface area contributed by atoms with Crippen molar-refractivity contribution in [2.75, 3.05) is 5.73 Å². The highest BCUT2D eigenvalue weighted by Crippen LogP contribution is 2.20. The number of hydrogen-bond donors (Lipinski definition) is 2. The third-order valence-corrected chi connectivity index (χ3v) is 2.19. The molecule has 1 heterocycles. The predicted molar refractivity (Wildman–Crippen MR) is 57.4 cm³/mol. The first-order valence-corrected chi connectivity index (χ1v) is 4.67. The Kier molecular flexibility index (Phi) is 2.65. The number of anilines is 1. The normalized spacial score (nSPS) is 10.0. The van der Waals surface area contributed by atoms with Crippen LogP contribution in [0.3, 0.4) is 0 Å². The molecule has 0 aliphatic rings. The first kappa shape index (κ1) is 11.5. The molecule has 0 amide bonds. The van der Waals surface area contributed by atoms with Gasteiger partial charge >= 0.3 is 5.97 Å². The fourth-order valence-corrected chi connectivity index (χ4v) is 1.37. The molecule has 0 atom stereocenters. The van der Waals surface area contributed by atoms with Crippen LogP contribution in [0.25, 0.3) is 5.69 Å². The number of carboxylic acid groups (broad SMARTS) is 1. The summed E-state index contributed by atoms with van der Waals surface area (Å²) in [6.45, 7) is 0. The molecule has 90 valence electrons. The second-order valence-electron chi connectivity index (χ2n) is 3.32. The van der Waals surface area contributed by atoms with Crippen molar-refractivity contribution in [1.29, 1.82) is 5.26 Å². The number of nitrogens with two attached hydrogens (primary N) is 1. The zero-order valence-electron chi connectivity index (χ0n) is 8.83. The van der Waals surface area contributed by atoms with Crippen molar-refractivity contribution < 1.29 is 14.3 Å². The van der Waals surface area contributed by atoms with Crippen LogP contribution in [0.2, 0.25) is 0 Å². The zero-order valence-corrected chi connectivity index (χ0v) is 8.83. The van der Waals surface area contributed by atoms with Crippen LogP contribution < -0.4 is 5.73 Å². The summed E-state index contributed by atoms with van der Waals surface area (Å²) in [7, 11) is 0. The summed E-state index contributed by atoms with van der Waals surface area (Å²) >= 11 is 0. The van der Waals surface area contributed by atoms with E-state index in [2.05, 4.69) is 10.1 Å². The van der Waals surface area contributed by atoms with E-state index in [9.17, 15) is 9.18 Å². The van der Waals surface area contributed by atoms with Crippen molar-refractivity contribution in [3.63, 3.8) is 0 Å². The number of hydrogen-bond acceptors (Lipinski definition) is 5. The van der Waals surface area contributed by atoms with Gasteiger partial charge in [-0.15, -0.1) is 5.10 Å². The van der Waals surface area contributed by atoms with Crippen LogP contribution in [0, 0.1) is 17.1 Å². The summed E-state index contributed by atoms with van der Waals surface area (Å²) in [5.74, 6) is -2.19. The zero-order chi connectivity index (χ0) is 13.3. The number of carbonyl (C=O) groups is 1. The lowest BCUT2D eigenvalue weighted by Gasteiger charge is -2.06. The Labute approximate surface area is 99.9 Å². The third-order valence-electron chi connectivity index (χ3n) is 2.19. The number of benzene rings is 1. The lowest BCUT2D eigenvalue weighted by Crippen LogP contribution is -2.07. The maximum atomic E-state index is 13.6. The van der Waals surface area contributed by atoms with E-state index in [1.165, 1.54) is 0 Å². The fraction of sp³-hybridized carbons (Fsp3) is 0. The molecular weight excluding hydrogens is 241 g/mol. The molecule has 0 saturated heterocycles. The molecule has 0 radical (unpaired) electrons. The number of nitrogens with zero attached hydrogens (tertiary/aromatic N) is 4. The smallest absolute Gasteiger partial charge is 0.337 e. The second-order valence-corrected chi connectivity index (χ2v) is 3.32. The van der Waals surface area contributed by atoms with Crippen LogP contribution in [0.15, 0.2) is 18.5 Å². The fourth-order valence-electron chi connectivity index (χ4n) is 1.37. The van der Waals surface area contributed by atoms with Gasteiger partial charge in [-0.25, -0.2) is 18.9 Å². The van der Waals surface area contributed by atoms with E-state index in [0.29, 0.717) is 0 Å². The van der Waals surface area contributed by atoms with Crippen LogP contribution in [0.4, 0.5) is 10.1 Å². The van der Waals surface area contributed by atoms with Gasteiger partial charge in [0.1, 0.15) is 18.1 Å². The number of aromatic nitrogens is 3. The Bertz CT molecular complexity index is 673. The van der Waals surface area contributed by atoms with E-state index in [0.717, 1.165) is 23.1 Å². The highest BCUT2D eigenvalue weighted by atomic mass is 19.1. The Balaban J connectivity index is 2.61. The molecule has 0 bridgehead atoms. The van der Waals surface area contributed by atoms with Crippen molar-refractivity contribution in [3.05, 3.63) is 35.7 Å². The monoisotopic (exact) mass is 247 g/mol. The molecule has 0 aliphatic heterocycles. The van der Waals surface area contributed by atoms with Gasteiger partial charge in [-0.2, -0.15) is 5.26 Å². The van der Waals surface area contributed by atoms with Crippen LogP contribution in [0.5, 0.6) is 0 Å². The van der Waals surface area contributed by atoms with Crippen molar-refractivity contribution >= 4 is 11.7 Å².